The first-order valence-corrected chi connectivity index (χ1v) is 9.27. The zero-order valence-corrected chi connectivity index (χ0v) is 14.2. The molecule has 0 aliphatic heterocycles. The molecule has 0 saturated carbocycles. The normalized spacial score (nSPS) is 14.2. The van der Waals surface area contributed by atoms with Crippen LogP contribution in [0.1, 0.15) is 29.5 Å². The van der Waals surface area contributed by atoms with Crippen LogP contribution in [0.15, 0.2) is 41.3 Å². The van der Waals surface area contributed by atoms with Gasteiger partial charge in [0.1, 0.15) is 10.6 Å². The Balaban J connectivity index is 1.99. The van der Waals surface area contributed by atoms with Gasteiger partial charge in [0.15, 0.2) is 0 Å². The molecule has 2 aromatic carbocycles. The average Bonchev–Trinajstić information content (AvgIpc) is 2.55. The van der Waals surface area contributed by atoms with Gasteiger partial charge < -0.3 is 4.74 Å². The molecule has 3 rings (SSSR count). The fourth-order valence-corrected chi connectivity index (χ4v) is 4.20. The van der Waals surface area contributed by atoms with Crippen LogP contribution in [0.25, 0.3) is 0 Å². The topological polar surface area (TPSA) is 55.4 Å². The molecule has 0 radical (unpaired) electrons. The highest BCUT2D eigenvalue weighted by atomic mass is 32.2. The maximum atomic E-state index is 12.8. The Morgan fingerprint density at radius 3 is 2.22 bits per heavy atom. The van der Waals surface area contributed by atoms with E-state index in [1.165, 1.54) is 12.7 Å². The van der Waals surface area contributed by atoms with E-state index in [1.807, 2.05) is 25.1 Å². The summed E-state index contributed by atoms with van der Waals surface area (Å²) in [4.78, 5) is 0.209. The summed E-state index contributed by atoms with van der Waals surface area (Å²) >= 11 is 0. The van der Waals surface area contributed by atoms with Crippen LogP contribution in [0, 0.1) is 6.92 Å². The lowest BCUT2D eigenvalue weighted by atomic mass is 9.92. The van der Waals surface area contributed by atoms with Gasteiger partial charge in [-0.2, -0.15) is 0 Å². The van der Waals surface area contributed by atoms with Crippen molar-refractivity contribution in [1.29, 1.82) is 0 Å². The SMILES string of the molecule is COc1cc2c(cc1S(=O)(=O)Nc1ccc(C)cc1)CCCC2. The quantitative estimate of drug-likeness (QED) is 0.930. The molecule has 5 heteroatoms. The molecule has 0 aromatic heterocycles. The number of rotatable bonds is 4. The molecule has 0 fully saturated rings. The number of aryl methyl sites for hydroxylation is 3. The zero-order chi connectivity index (χ0) is 16.4. The van der Waals surface area contributed by atoms with E-state index in [4.69, 9.17) is 4.74 Å². The number of fused-ring (bicyclic) bond motifs is 1. The first-order chi connectivity index (χ1) is 11.0. The lowest BCUT2D eigenvalue weighted by molar-refractivity contribution is 0.401. The molecule has 1 N–H and O–H groups in total. The zero-order valence-electron chi connectivity index (χ0n) is 13.4. The molecule has 0 amide bonds. The van der Waals surface area contributed by atoms with E-state index in [9.17, 15) is 8.42 Å². The second-order valence-corrected chi connectivity index (χ2v) is 7.60. The van der Waals surface area contributed by atoms with E-state index in [1.54, 1.807) is 18.2 Å². The molecule has 0 spiro atoms. The molecular formula is C18H21NO3S. The van der Waals surface area contributed by atoms with Crippen molar-refractivity contribution in [3.05, 3.63) is 53.1 Å². The monoisotopic (exact) mass is 331 g/mol. The third-order valence-corrected chi connectivity index (χ3v) is 5.62. The van der Waals surface area contributed by atoms with Gasteiger partial charge >= 0.3 is 0 Å². The van der Waals surface area contributed by atoms with E-state index in [2.05, 4.69) is 4.72 Å². The molecule has 0 saturated heterocycles. The Hall–Kier alpha value is -2.01. The first kappa shape index (κ1) is 15.9. The Bertz CT molecular complexity index is 811. The summed E-state index contributed by atoms with van der Waals surface area (Å²) in [7, 11) is -2.17. The number of hydrogen-bond acceptors (Lipinski definition) is 3. The van der Waals surface area contributed by atoms with Crippen molar-refractivity contribution in [3.8, 4) is 5.75 Å². The highest BCUT2D eigenvalue weighted by Crippen LogP contribution is 2.32. The number of nitrogens with one attached hydrogen (secondary N) is 1. The van der Waals surface area contributed by atoms with E-state index < -0.39 is 10.0 Å². The molecule has 1 aliphatic rings. The predicted octanol–water partition coefficient (Wildman–Crippen LogP) is 3.68. The standard InChI is InChI=1S/C18H21NO3S/c1-13-7-9-16(10-8-13)19-23(20,21)18-12-15-6-4-3-5-14(15)11-17(18)22-2/h7-12,19H,3-6H2,1-2H3. The molecule has 0 unspecified atom stereocenters. The van der Waals surface area contributed by atoms with Crippen molar-refractivity contribution < 1.29 is 13.2 Å². The van der Waals surface area contributed by atoms with Crippen LogP contribution in [0.2, 0.25) is 0 Å². The summed E-state index contributed by atoms with van der Waals surface area (Å²) in [6, 6.07) is 10.9. The third-order valence-electron chi connectivity index (χ3n) is 4.22. The minimum atomic E-state index is -3.68. The molecular weight excluding hydrogens is 310 g/mol. The minimum absolute atomic E-state index is 0.209. The summed E-state index contributed by atoms with van der Waals surface area (Å²) in [6.07, 6.45) is 4.15. The van der Waals surface area contributed by atoms with Gasteiger partial charge in [-0.25, -0.2) is 8.42 Å². The van der Waals surface area contributed by atoms with E-state index in [0.29, 0.717) is 11.4 Å². The molecule has 4 nitrogen and oxygen atoms in total. The Morgan fingerprint density at radius 2 is 1.61 bits per heavy atom. The number of ether oxygens (including phenoxy) is 1. The largest absolute Gasteiger partial charge is 0.495 e. The van der Waals surface area contributed by atoms with Gasteiger partial charge in [0.05, 0.1) is 7.11 Å². The fraction of sp³-hybridized carbons (Fsp3) is 0.333. The number of anilines is 1. The lowest BCUT2D eigenvalue weighted by Gasteiger charge is -2.19. The smallest absolute Gasteiger partial charge is 0.265 e. The predicted molar refractivity (Wildman–Crippen MR) is 91.6 cm³/mol. The first-order valence-electron chi connectivity index (χ1n) is 7.79. The van der Waals surface area contributed by atoms with Gasteiger partial charge in [-0.05, 0) is 68.0 Å². The van der Waals surface area contributed by atoms with E-state index >= 15 is 0 Å². The van der Waals surface area contributed by atoms with Crippen LogP contribution in [0.5, 0.6) is 5.75 Å². The molecule has 0 bridgehead atoms. The molecule has 0 heterocycles. The summed E-state index contributed by atoms with van der Waals surface area (Å²) in [6.45, 7) is 1.96. The summed E-state index contributed by atoms with van der Waals surface area (Å²) in [5.41, 5.74) is 3.94. The highest BCUT2D eigenvalue weighted by Gasteiger charge is 2.23. The number of methoxy groups -OCH3 is 1. The second-order valence-electron chi connectivity index (χ2n) is 5.95. The van der Waals surface area contributed by atoms with E-state index in [0.717, 1.165) is 36.8 Å². The minimum Gasteiger partial charge on any atom is -0.495 e. The van der Waals surface area contributed by atoms with Crippen LogP contribution < -0.4 is 9.46 Å². The summed E-state index contributed by atoms with van der Waals surface area (Å²) in [5, 5.41) is 0. The van der Waals surface area contributed by atoms with Crippen molar-refractivity contribution in [2.75, 3.05) is 11.8 Å². The van der Waals surface area contributed by atoms with Gasteiger partial charge in [-0.1, -0.05) is 17.7 Å². The Kier molecular flexibility index (Phi) is 4.31. The van der Waals surface area contributed by atoms with Gasteiger partial charge in [-0.3, -0.25) is 4.72 Å². The number of hydrogen-bond donors (Lipinski definition) is 1. The van der Waals surface area contributed by atoms with Crippen LogP contribution in [-0.2, 0) is 22.9 Å². The van der Waals surface area contributed by atoms with Crippen molar-refractivity contribution in [3.63, 3.8) is 0 Å². The van der Waals surface area contributed by atoms with Crippen molar-refractivity contribution in [2.45, 2.75) is 37.5 Å². The van der Waals surface area contributed by atoms with E-state index in [-0.39, 0.29) is 4.90 Å². The molecule has 122 valence electrons. The lowest BCUT2D eigenvalue weighted by Crippen LogP contribution is -2.16. The van der Waals surface area contributed by atoms with Crippen LogP contribution in [0.3, 0.4) is 0 Å². The van der Waals surface area contributed by atoms with Crippen LogP contribution >= 0.6 is 0 Å². The Labute approximate surface area is 137 Å². The number of benzene rings is 2. The Morgan fingerprint density at radius 1 is 1.00 bits per heavy atom. The van der Waals surface area contributed by atoms with Gasteiger partial charge in [0.25, 0.3) is 10.0 Å². The second kappa shape index (κ2) is 6.24. The van der Waals surface area contributed by atoms with Gasteiger partial charge in [-0.15, -0.1) is 0 Å². The maximum absolute atomic E-state index is 12.8. The summed E-state index contributed by atoms with van der Waals surface area (Å²) in [5.74, 6) is 0.408. The molecule has 23 heavy (non-hydrogen) atoms. The van der Waals surface area contributed by atoms with Gasteiger partial charge in [0.2, 0.25) is 0 Å². The molecule has 1 aliphatic carbocycles. The van der Waals surface area contributed by atoms with Crippen LogP contribution in [0.4, 0.5) is 5.69 Å². The highest BCUT2D eigenvalue weighted by molar-refractivity contribution is 7.92. The van der Waals surface area contributed by atoms with Crippen molar-refractivity contribution in [2.24, 2.45) is 0 Å². The van der Waals surface area contributed by atoms with Crippen molar-refractivity contribution >= 4 is 15.7 Å². The van der Waals surface area contributed by atoms with Gasteiger partial charge in [0, 0.05) is 5.69 Å². The number of sulfonamides is 1. The third kappa shape index (κ3) is 3.34. The average molecular weight is 331 g/mol. The molecule has 2 aromatic rings. The van der Waals surface area contributed by atoms with Crippen molar-refractivity contribution in [1.82, 2.24) is 0 Å². The summed E-state index contributed by atoms with van der Waals surface area (Å²) < 4.78 is 33.5. The van der Waals surface area contributed by atoms with Crippen LogP contribution in [-0.4, -0.2) is 15.5 Å². The fourth-order valence-electron chi connectivity index (χ4n) is 2.94. The maximum Gasteiger partial charge on any atom is 0.265 e. The molecule has 0 atom stereocenters.